The molecular formula is C19H17N3O7. The van der Waals surface area contributed by atoms with E-state index in [1.54, 1.807) is 12.1 Å². The fraction of sp³-hybridized carbons (Fsp3) is 0.211. The summed E-state index contributed by atoms with van der Waals surface area (Å²) in [7, 11) is 1.51. The normalized spacial score (nSPS) is 10.4. The molecule has 150 valence electrons. The highest BCUT2D eigenvalue weighted by Crippen LogP contribution is 2.28. The summed E-state index contributed by atoms with van der Waals surface area (Å²) in [4.78, 5) is 22.5. The van der Waals surface area contributed by atoms with E-state index in [0.29, 0.717) is 23.7 Å². The Hall–Kier alpha value is -3.95. The molecule has 0 bridgehead atoms. The van der Waals surface area contributed by atoms with Gasteiger partial charge < -0.3 is 18.6 Å². The summed E-state index contributed by atoms with van der Waals surface area (Å²) >= 11 is 0. The summed E-state index contributed by atoms with van der Waals surface area (Å²) in [5.74, 6) is 0.596. The summed E-state index contributed by atoms with van der Waals surface area (Å²) < 4.78 is 21.3. The lowest BCUT2D eigenvalue weighted by Crippen LogP contribution is -2.06. The molecule has 3 rings (SSSR count). The van der Waals surface area contributed by atoms with E-state index >= 15 is 0 Å². The van der Waals surface area contributed by atoms with Crippen molar-refractivity contribution in [3.63, 3.8) is 0 Å². The third kappa shape index (κ3) is 4.67. The van der Waals surface area contributed by atoms with Crippen molar-refractivity contribution < 1.29 is 28.3 Å². The van der Waals surface area contributed by atoms with Crippen molar-refractivity contribution in [2.24, 2.45) is 0 Å². The second-order valence-electron chi connectivity index (χ2n) is 5.68. The number of esters is 1. The van der Waals surface area contributed by atoms with Crippen LogP contribution in [0.1, 0.15) is 23.2 Å². The maximum absolute atomic E-state index is 12.3. The quantitative estimate of drug-likeness (QED) is 0.318. The predicted molar refractivity (Wildman–Crippen MR) is 99.7 cm³/mol. The lowest BCUT2D eigenvalue weighted by molar-refractivity contribution is -0.384. The Morgan fingerprint density at radius 2 is 1.90 bits per heavy atom. The topological polar surface area (TPSA) is 127 Å². The average Bonchev–Trinajstić information content (AvgIpc) is 3.21. The minimum atomic E-state index is -0.594. The Morgan fingerprint density at radius 3 is 2.55 bits per heavy atom. The minimum absolute atomic E-state index is 0.0478. The highest BCUT2D eigenvalue weighted by Gasteiger charge is 2.15. The van der Waals surface area contributed by atoms with Gasteiger partial charge in [0.05, 0.1) is 24.2 Å². The van der Waals surface area contributed by atoms with Crippen molar-refractivity contribution in [1.82, 2.24) is 10.2 Å². The van der Waals surface area contributed by atoms with Crippen molar-refractivity contribution in [1.29, 1.82) is 0 Å². The first kappa shape index (κ1) is 19.8. The number of non-ortho nitro benzene ring substituents is 1. The van der Waals surface area contributed by atoms with Crippen molar-refractivity contribution in [2.75, 3.05) is 13.7 Å². The molecule has 10 nitrogen and oxygen atoms in total. The van der Waals surface area contributed by atoms with Crippen molar-refractivity contribution in [3.05, 3.63) is 64.0 Å². The number of methoxy groups -OCH3 is 1. The number of carbonyl (C=O) groups is 1. The standard InChI is InChI=1S/C19H17N3O7/c1-3-27-16-10-13(6-9-15(16)26-2)19(23)28-11-17-20-21-18(29-17)12-4-7-14(8-5-12)22(24)25/h4-10H,3,11H2,1-2H3. The Kier molecular flexibility index (Phi) is 6.03. The number of carbonyl (C=O) groups excluding carboxylic acids is 1. The second kappa shape index (κ2) is 8.83. The van der Waals surface area contributed by atoms with E-state index in [-0.39, 0.29) is 29.6 Å². The Morgan fingerprint density at radius 1 is 1.14 bits per heavy atom. The zero-order valence-corrected chi connectivity index (χ0v) is 15.7. The first-order valence-corrected chi connectivity index (χ1v) is 8.57. The SMILES string of the molecule is CCOc1cc(C(=O)OCc2nnc(-c3ccc([N+](=O)[O-])cc3)o2)ccc1OC. The zero-order valence-electron chi connectivity index (χ0n) is 15.7. The lowest BCUT2D eigenvalue weighted by Gasteiger charge is -2.10. The van der Waals surface area contributed by atoms with Gasteiger partial charge in [-0.05, 0) is 37.3 Å². The van der Waals surface area contributed by atoms with E-state index in [1.807, 2.05) is 6.92 Å². The van der Waals surface area contributed by atoms with E-state index in [1.165, 1.54) is 37.4 Å². The summed E-state index contributed by atoms with van der Waals surface area (Å²) in [6, 6.07) is 10.3. The van der Waals surface area contributed by atoms with Gasteiger partial charge >= 0.3 is 5.97 Å². The molecule has 3 aromatic rings. The first-order chi connectivity index (χ1) is 14.0. The molecule has 0 N–H and O–H groups in total. The van der Waals surface area contributed by atoms with Crippen LogP contribution in [0.15, 0.2) is 46.9 Å². The van der Waals surface area contributed by atoms with E-state index in [9.17, 15) is 14.9 Å². The molecule has 0 radical (unpaired) electrons. The van der Waals surface area contributed by atoms with Gasteiger partial charge in [-0.15, -0.1) is 10.2 Å². The molecule has 0 atom stereocenters. The molecule has 0 unspecified atom stereocenters. The van der Waals surface area contributed by atoms with Gasteiger partial charge in [0.2, 0.25) is 5.89 Å². The first-order valence-electron chi connectivity index (χ1n) is 8.57. The highest BCUT2D eigenvalue weighted by atomic mass is 16.6. The molecule has 29 heavy (non-hydrogen) atoms. The smallest absolute Gasteiger partial charge is 0.338 e. The summed E-state index contributed by atoms with van der Waals surface area (Å²) in [5.41, 5.74) is 0.745. The molecule has 2 aromatic carbocycles. The van der Waals surface area contributed by atoms with Crippen LogP contribution in [-0.4, -0.2) is 34.8 Å². The van der Waals surface area contributed by atoms with Crippen LogP contribution in [-0.2, 0) is 11.3 Å². The summed E-state index contributed by atoms with van der Waals surface area (Å²) in [6.45, 7) is 2.01. The van der Waals surface area contributed by atoms with Gasteiger partial charge in [-0.25, -0.2) is 4.79 Å². The average molecular weight is 399 g/mol. The number of rotatable bonds is 8. The number of ether oxygens (including phenoxy) is 3. The molecule has 0 saturated heterocycles. The molecular weight excluding hydrogens is 382 g/mol. The molecule has 0 spiro atoms. The lowest BCUT2D eigenvalue weighted by atomic mass is 10.2. The number of hydrogen-bond acceptors (Lipinski definition) is 9. The highest BCUT2D eigenvalue weighted by molar-refractivity contribution is 5.90. The minimum Gasteiger partial charge on any atom is -0.493 e. The number of nitro groups is 1. The molecule has 1 aromatic heterocycles. The van der Waals surface area contributed by atoms with Gasteiger partial charge in [-0.2, -0.15) is 0 Å². The third-order valence-corrected chi connectivity index (χ3v) is 3.82. The van der Waals surface area contributed by atoms with Gasteiger partial charge in [0.15, 0.2) is 18.1 Å². The summed E-state index contributed by atoms with van der Waals surface area (Å²) in [6.07, 6.45) is 0. The van der Waals surface area contributed by atoms with E-state index in [0.717, 1.165) is 0 Å². The Bertz CT molecular complexity index is 1010. The van der Waals surface area contributed by atoms with Crippen LogP contribution in [0.3, 0.4) is 0 Å². The van der Waals surface area contributed by atoms with Crippen LogP contribution in [0.2, 0.25) is 0 Å². The van der Waals surface area contributed by atoms with Gasteiger partial charge in [-0.3, -0.25) is 10.1 Å². The summed E-state index contributed by atoms with van der Waals surface area (Å²) in [5, 5.41) is 18.4. The number of nitrogens with zero attached hydrogens (tertiary/aromatic N) is 3. The van der Waals surface area contributed by atoms with Gasteiger partial charge in [0.25, 0.3) is 11.6 Å². The number of aromatic nitrogens is 2. The number of benzene rings is 2. The van der Waals surface area contributed by atoms with Crippen LogP contribution in [0.5, 0.6) is 11.5 Å². The largest absolute Gasteiger partial charge is 0.493 e. The Labute approximate surface area is 165 Å². The third-order valence-electron chi connectivity index (χ3n) is 3.82. The fourth-order valence-corrected chi connectivity index (χ4v) is 2.44. The molecule has 0 amide bonds. The maximum Gasteiger partial charge on any atom is 0.338 e. The van der Waals surface area contributed by atoms with Crippen LogP contribution in [0, 0.1) is 10.1 Å². The molecule has 10 heteroatoms. The second-order valence-corrected chi connectivity index (χ2v) is 5.68. The zero-order chi connectivity index (χ0) is 20.8. The van der Waals surface area contributed by atoms with Gasteiger partial charge in [0, 0.05) is 17.7 Å². The fourth-order valence-electron chi connectivity index (χ4n) is 2.44. The number of hydrogen-bond donors (Lipinski definition) is 0. The monoisotopic (exact) mass is 399 g/mol. The van der Waals surface area contributed by atoms with E-state index in [2.05, 4.69) is 10.2 Å². The molecule has 1 heterocycles. The van der Waals surface area contributed by atoms with Crippen molar-refractivity contribution in [3.8, 4) is 23.0 Å². The maximum atomic E-state index is 12.3. The van der Waals surface area contributed by atoms with E-state index in [4.69, 9.17) is 18.6 Å². The van der Waals surface area contributed by atoms with Crippen molar-refractivity contribution >= 4 is 11.7 Å². The van der Waals surface area contributed by atoms with Crippen molar-refractivity contribution in [2.45, 2.75) is 13.5 Å². The van der Waals surface area contributed by atoms with Gasteiger partial charge in [0.1, 0.15) is 0 Å². The van der Waals surface area contributed by atoms with Crippen LogP contribution in [0.25, 0.3) is 11.5 Å². The molecule has 0 fully saturated rings. The van der Waals surface area contributed by atoms with Crippen LogP contribution < -0.4 is 9.47 Å². The van der Waals surface area contributed by atoms with Crippen LogP contribution >= 0.6 is 0 Å². The van der Waals surface area contributed by atoms with Gasteiger partial charge in [-0.1, -0.05) is 0 Å². The predicted octanol–water partition coefficient (Wildman–Crippen LogP) is 3.41. The van der Waals surface area contributed by atoms with Crippen LogP contribution in [0.4, 0.5) is 5.69 Å². The molecule has 0 saturated carbocycles. The molecule has 0 aliphatic rings. The number of nitro benzene ring substituents is 1. The molecule has 0 aliphatic carbocycles. The Balaban J connectivity index is 1.65. The molecule has 0 aliphatic heterocycles. The van der Waals surface area contributed by atoms with E-state index < -0.39 is 10.9 Å².